The van der Waals surface area contributed by atoms with E-state index in [0.29, 0.717) is 31.5 Å². The van der Waals surface area contributed by atoms with Gasteiger partial charge < -0.3 is 25.5 Å². The largest absolute Gasteiger partial charge is 0.395 e. The number of nitrogens with one attached hydrogen (secondary N) is 1. The highest BCUT2D eigenvalue weighted by atomic mass is 16.3. The summed E-state index contributed by atoms with van der Waals surface area (Å²) in [6, 6.07) is 0.261. The van der Waals surface area contributed by atoms with E-state index in [0.717, 1.165) is 45.3 Å². The van der Waals surface area contributed by atoms with Gasteiger partial charge in [0.1, 0.15) is 18.5 Å². The number of aliphatic hydroxyl groups is 3. The van der Waals surface area contributed by atoms with E-state index < -0.39 is 0 Å². The Kier molecular flexibility index (Phi) is 20.9. The third-order valence-corrected chi connectivity index (χ3v) is 6.84. The van der Waals surface area contributed by atoms with Crippen LogP contribution >= 0.6 is 0 Å². The van der Waals surface area contributed by atoms with E-state index in [1.54, 1.807) is 0 Å². The minimum absolute atomic E-state index is 0.0543. The summed E-state index contributed by atoms with van der Waals surface area (Å²) in [5, 5.41) is 32.2. The number of hydrogen-bond acceptors (Lipinski definition) is 9. The summed E-state index contributed by atoms with van der Waals surface area (Å²) in [7, 11) is 0. The Labute approximate surface area is 219 Å². The first kappa shape index (κ1) is 32.8. The molecule has 0 saturated carbocycles. The third-order valence-electron chi connectivity index (χ3n) is 6.84. The number of aromatic nitrogens is 3. The Morgan fingerprint density at radius 3 is 2.00 bits per heavy atom. The first-order valence-electron chi connectivity index (χ1n) is 14.3. The molecule has 4 N–H and O–H groups in total. The quantitative estimate of drug-likeness (QED) is 0.147. The van der Waals surface area contributed by atoms with Crippen molar-refractivity contribution in [3.8, 4) is 0 Å². The fourth-order valence-corrected chi connectivity index (χ4v) is 4.78. The van der Waals surface area contributed by atoms with Crippen molar-refractivity contribution in [3.05, 3.63) is 18.5 Å². The van der Waals surface area contributed by atoms with Gasteiger partial charge in [-0.25, -0.2) is 15.0 Å². The molecule has 0 amide bonds. The summed E-state index contributed by atoms with van der Waals surface area (Å²) in [5.74, 6) is 0.701. The molecule has 0 saturated heterocycles. The molecule has 1 aromatic heterocycles. The Morgan fingerprint density at radius 1 is 0.722 bits per heavy atom. The van der Waals surface area contributed by atoms with E-state index in [2.05, 4.69) is 43.9 Å². The number of hydrogen-bond donors (Lipinski definition) is 4. The average Bonchev–Trinajstić information content (AvgIpc) is 2.90. The second-order valence-corrected chi connectivity index (χ2v) is 9.69. The summed E-state index contributed by atoms with van der Waals surface area (Å²) < 4.78 is 0. The highest BCUT2D eigenvalue weighted by molar-refractivity contribution is 4.93. The lowest BCUT2D eigenvalue weighted by molar-refractivity contribution is 0.114. The lowest BCUT2D eigenvalue weighted by atomic mass is 10.00. The molecule has 9 nitrogen and oxygen atoms in total. The molecule has 0 bridgehead atoms. The predicted octanol–water partition coefficient (Wildman–Crippen LogP) is 2.78. The highest BCUT2D eigenvalue weighted by Crippen LogP contribution is 2.21. The maximum atomic E-state index is 9.84. The summed E-state index contributed by atoms with van der Waals surface area (Å²) in [5.41, 5.74) is 0. The fraction of sp³-hybridized carbons (Fsp3) is 0.889. The second-order valence-electron chi connectivity index (χ2n) is 9.69. The maximum Gasteiger partial charge on any atom is 0.148 e. The smallest absolute Gasteiger partial charge is 0.148 e. The molecule has 0 aliphatic heterocycles. The molecule has 0 aromatic carbocycles. The monoisotopic (exact) mass is 510 g/mol. The van der Waals surface area contributed by atoms with Crippen LogP contribution in [0.2, 0.25) is 0 Å². The molecule has 0 fully saturated rings. The zero-order valence-corrected chi connectivity index (χ0v) is 23.0. The van der Waals surface area contributed by atoms with Gasteiger partial charge in [-0.15, -0.1) is 0 Å². The van der Waals surface area contributed by atoms with E-state index in [1.807, 2.05) is 0 Å². The SMILES string of the molecule is CCCCCCN(CCO)CCC(CCC(NCCO)c1ncncn1)N(CCO)CCCCCC. The lowest BCUT2D eigenvalue weighted by Crippen LogP contribution is -2.42. The standard InChI is InChI=1S/C27H54N6O3/c1-3-5-7-9-15-32(18-21-35)17-13-25(33(19-22-36)16-10-8-6-4-2)11-12-26(29-14-20-34)27-30-23-28-24-31-27/h23-26,29,34-36H,3-22H2,1-2H3. The van der Waals surface area contributed by atoms with Crippen molar-refractivity contribution in [2.24, 2.45) is 0 Å². The van der Waals surface area contributed by atoms with Crippen LogP contribution in [-0.2, 0) is 0 Å². The third kappa shape index (κ3) is 15.1. The van der Waals surface area contributed by atoms with Crippen LogP contribution in [0.25, 0.3) is 0 Å². The van der Waals surface area contributed by atoms with Gasteiger partial charge in [0.15, 0.2) is 0 Å². The molecule has 2 atom stereocenters. The van der Waals surface area contributed by atoms with Crippen molar-refractivity contribution in [1.29, 1.82) is 0 Å². The van der Waals surface area contributed by atoms with Gasteiger partial charge in [-0.05, 0) is 51.7 Å². The van der Waals surface area contributed by atoms with Crippen LogP contribution in [0.3, 0.4) is 0 Å². The van der Waals surface area contributed by atoms with Gasteiger partial charge in [-0.1, -0.05) is 52.4 Å². The van der Waals surface area contributed by atoms with Gasteiger partial charge in [-0.2, -0.15) is 0 Å². The minimum atomic E-state index is -0.0543. The van der Waals surface area contributed by atoms with E-state index in [4.69, 9.17) is 0 Å². The molecule has 1 rings (SSSR count). The van der Waals surface area contributed by atoms with Gasteiger partial charge in [0.05, 0.1) is 25.9 Å². The summed E-state index contributed by atoms with van der Waals surface area (Å²) in [6.45, 7) is 9.68. The molecule has 0 spiro atoms. The number of unbranched alkanes of at least 4 members (excludes halogenated alkanes) is 6. The van der Waals surface area contributed by atoms with Crippen LogP contribution < -0.4 is 5.32 Å². The molecule has 36 heavy (non-hydrogen) atoms. The van der Waals surface area contributed by atoms with Crippen molar-refractivity contribution in [3.63, 3.8) is 0 Å². The van der Waals surface area contributed by atoms with Crippen molar-refractivity contribution in [2.75, 3.05) is 59.1 Å². The topological polar surface area (TPSA) is 118 Å². The number of aliphatic hydroxyl groups excluding tert-OH is 3. The molecule has 0 aliphatic rings. The molecular formula is C27H54N6O3. The van der Waals surface area contributed by atoms with E-state index in [9.17, 15) is 15.3 Å². The maximum absolute atomic E-state index is 9.84. The Hall–Kier alpha value is -1.23. The molecule has 0 aliphatic carbocycles. The van der Waals surface area contributed by atoms with Gasteiger partial charge in [-0.3, -0.25) is 4.90 Å². The first-order valence-corrected chi connectivity index (χ1v) is 14.3. The van der Waals surface area contributed by atoms with Crippen LogP contribution in [0.4, 0.5) is 0 Å². The summed E-state index contributed by atoms with van der Waals surface area (Å²) >= 11 is 0. The Balaban J connectivity index is 2.89. The molecule has 2 unspecified atom stereocenters. The van der Waals surface area contributed by atoms with Gasteiger partial charge in [0.25, 0.3) is 0 Å². The molecule has 9 heteroatoms. The summed E-state index contributed by atoms with van der Waals surface area (Å²) in [4.78, 5) is 17.5. The van der Waals surface area contributed by atoms with E-state index >= 15 is 0 Å². The fourth-order valence-electron chi connectivity index (χ4n) is 4.78. The van der Waals surface area contributed by atoms with Gasteiger partial charge in [0.2, 0.25) is 0 Å². The highest BCUT2D eigenvalue weighted by Gasteiger charge is 2.22. The van der Waals surface area contributed by atoms with Crippen LogP contribution in [-0.4, -0.2) is 105 Å². The molecule has 1 heterocycles. The Bertz CT molecular complexity index is 598. The minimum Gasteiger partial charge on any atom is -0.395 e. The zero-order chi connectivity index (χ0) is 26.3. The first-order chi connectivity index (χ1) is 17.7. The van der Waals surface area contributed by atoms with Crippen molar-refractivity contribution < 1.29 is 15.3 Å². The lowest BCUT2D eigenvalue weighted by Gasteiger charge is -2.34. The molecule has 1 aromatic rings. The Morgan fingerprint density at radius 2 is 1.39 bits per heavy atom. The zero-order valence-electron chi connectivity index (χ0n) is 23.0. The van der Waals surface area contributed by atoms with Crippen molar-refractivity contribution >= 4 is 0 Å². The van der Waals surface area contributed by atoms with Gasteiger partial charge >= 0.3 is 0 Å². The van der Waals surface area contributed by atoms with Crippen molar-refractivity contribution in [2.45, 2.75) is 96.6 Å². The van der Waals surface area contributed by atoms with Crippen LogP contribution in [0.1, 0.15) is 96.3 Å². The molecule has 0 radical (unpaired) electrons. The van der Waals surface area contributed by atoms with Crippen LogP contribution in [0.5, 0.6) is 0 Å². The summed E-state index contributed by atoms with van der Waals surface area (Å²) in [6.07, 6.45) is 15.5. The molecular weight excluding hydrogens is 456 g/mol. The number of nitrogens with zero attached hydrogens (tertiary/aromatic N) is 5. The second kappa shape index (κ2) is 22.9. The van der Waals surface area contributed by atoms with Gasteiger partial charge in [0, 0.05) is 25.7 Å². The number of rotatable bonds is 25. The predicted molar refractivity (Wildman–Crippen MR) is 146 cm³/mol. The molecule has 210 valence electrons. The van der Waals surface area contributed by atoms with Crippen LogP contribution in [0, 0.1) is 0 Å². The van der Waals surface area contributed by atoms with Crippen LogP contribution in [0.15, 0.2) is 12.7 Å². The van der Waals surface area contributed by atoms with Crippen molar-refractivity contribution in [1.82, 2.24) is 30.1 Å². The van der Waals surface area contributed by atoms with E-state index in [-0.39, 0.29) is 25.9 Å². The van der Waals surface area contributed by atoms with E-state index in [1.165, 1.54) is 57.6 Å². The normalized spacial score (nSPS) is 13.5. The average molecular weight is 511 g/mol.